The molecule has 0 saturated carbocycles. The Morgan fingerprint density at radius 1 is 0.962 bits per heavy atom. The zero-order chi connectivity index (χ0) is 17.8. The number of amides is 1. The summed E-state index contributed by atoms with van der Waals surface area (Å²) in [5, 5.41) is 0. The van der Waals surface area contributed by atoms with Gasteiger partial charge in [-0.3, -0.25) is 19.7 Å². The summed E-state index contributed by atoms with van der Waals surface area (Å²) in [5.74, 6) is 0.211. The molecule has 2 saturated heterocycles. The van der Waals surface area contributed by atoms with Crippen molar-refractivity contribution in [1.82, 2.24) is 19.8 Å². The van der Waals surface area contributed by atoms with Gasteiger partial charge in [-0.05, 0) is 50.1 Å². The molecule has 1 spiro atoms. The first-order chi connectivity index (χ1) is 12.7. The van der Waals surface area contributed by atoms with Crippen LogP contribution >= 0.6 is 0 Å². The molecule has 26 heavy (non-hydrogen) atoms. The van der Waals surface area contributed by atoms with Gasteiger partial charge in [0.2, 0.25) is 5.91 Å². The van der Waals surface area contributed by atoms with Crippen molar-refractivity contribution in [1.29, 1.82) is 0 Å². The molecule has 0 bridgehead atoms. The van der Waals surface area contributed by atoms with E-state index in [2.05, 4.69) is 31.9 Å². The van der Waals surface area contributed by atoms with Crippen LogP contribution in [0.3, 0.4) is 0 Å². The van der Waals surface area contributed by atoms with E-state index in [-0.39, 0.29) is 11.3 Å². The van der Waals surface area contributed by atoms with Crippen LogP contribution in [0.2, 0.25) is 0 Å². The van der Waals surface area contributed by atoms with Gasteiger partial charge in [0.15, 0.2) is 0 Å². The average molecular weight is 350 g/mol. The van der Waals surface area contributed by atoms with E-state index in [1.165, 1.54) is 12.8 Å². The minimum absolute atomic E-state index is 0.211. The minimum Gasteiger partial charge on any atom is -0.342 e. The Balaban J connectivity index is 1.36. The van der Waals surface area contributed by atoms with Crippen LogP contribution in [-0.2, 0) is 17.8 Å². The van der Waals surface area contributed by atoms with Crippen molar-refractivity contribution in [3.8, 4) is 0 Å². The first-order valence-corrected chi connectivity index (χ1v) is 9.52. The molecular formula is C21H26N4O. The summed E-state index contributed by atoms with van der Waals surface area (Å²) in [4.78, 5) is 26.0. The smallest absolute Gasteiger partial charge is 0.228 e. The van der Waals surface area contributed by atoms with Crippen molar-refractivity contribution >= 4 is 5.91 Å². The van der Waals surface area contributed by atoms with Gasteiger partial charge < -0.3 is 4.90 Å². The van der Waals surface area contributed by atoms with E-state index < -0.39 is 0 Å². The summed E-state index contributed by atoms with van der Waals surface area (Å²) in [5.41, 5.74) is 2.25. The Hall–Kier alpha value is -2.27. The summed E-state index contributed by atoms with van der Waals surface area (Å²) in [7, 11) is 0. The SMILES string of the molecule is O=C(Cc1ccccn1)N1CC[C@@]2(CCCN(Cc3ccccn3)C2)C1. The van der Waals surface area contributed by atoms with Crippen molar-refractivity contribution in [2.45, 2.75) is 32.2 Å². The topological polar surface area (TPSA) is 49.3 Å². The Morgan fingerprint density at radius 2 is 1.73 bits per heavy atom. The molecule has 1 amide bonds. The molecule has 2 fully saturated rings. The molecule has 4 rings (SSSR count). The van der Waals surface area contributed by atoms with Gasteiger partial charge in [0, 0.05) is 49.7 Å². The van der Waals surface area contributed by atoms with E-state index in [9.17, 15) is 4.79 Å². The van der Waals surface area contributed by atoms with E-state index in [0.717, 1.165) is 50.5 Å². The molecular weight excluding hydrogens is 324 g/mol. The van der Waals surface area contributed by atoms with Crippen LogP contribution in [0.25, 0.3) is 0 Å². The third-order valence-electron chi connectivity index (χ3n) is 5.70. The van der Waals surface area contributed by atoms with Crippen LogP contribution < -0.4 is 0 Å². The Kier molecular flexibility index (Phi) is 4.98. The summed E-state index contributed by atoms with van der Waals surface area (Å²) < 4.78 is 0. The number of carbonyl (C=O) groups excluding carboxylic acids is 1. The van der Waals surface area contributed by atoms with Crippen molar-refractivity contribution in [2.24, 2.45) is 5.41 Å². The average Bonchev–Trinajstić information content (AvgIpc) is 3.07. The molecule has 136 valence electrons. The molecule has 0 aliphatic carbocycles. The lowest BCUT2D eigenvalue weighted by Gasteiger charge is -2.40. The van der Waals surface area contributed by atoms with Gasteiger partial charge in [0.05, 0.1) is 12.1 Å². The Labute approximate surface area is 155 Å². The van der Waals surface area contributed by atoms with Gasteiger partial charge in [-0.15, -0.1) is 0 Å². The van der Waals surface area contributed by atoms with Gasteiger partial charge >= 0.3 is 0 Å². The largest absolute Gasteiger partial charge is 0.342 e. The number of pyridine rings is 2. The second-order valence-electron chi connectivity index (χ2n) is 7.70. The van der Waals surface area contributed by atoms with Gasteiger partial charge in [0.25, 0.3) is 0 Å². The van der Waals surface area contributed by atoms with Crippen molar-refractivity contribution in [2.75, 3.05) is 26.2 Å². The van der Waals surface area contributed by atoms with Crippen LogP contribution in [-0.4, -0.2) is 51.9 Å². The van der Waals surface area contributed by atoms with Crippen LogP contribution in [0.1, 0.15) is 30.7 Å². The number of hydrogen-bond acceptors (Lipinski definition) is 4. The zero-order valence-electron chi connectivity index (χ0n) is 15.2. The van der Waals surface area contributed by atoms with Crippen molar-refractivity contribution in [3.05, 3.63) is 60.2 Å². The molecule has 4 heterocycles. The third kappa shape index (κ3) is 3.93. The molecule has 2 aliphatic heterocycles. The van der Waals surface area contributed by atoms with Crippen LogP contribution in [0.15, 0.2) is 48.8 Å². The molecule has 2 aromatic heterocycles. The fourth-order valence-corrected chi connectivity index (χ4v) is 4.42. The van der Waals surface area contributed by atoms with Crippen molar-refractivity contribution < 1.29 is 4.79 Å². The molecule has 2 aromatic rings. The monoisotopic (exact) mass is 350 g/mol. The summed E-state index contributed by atoms with van der Waals surface area (Å²) in [6.45, 7) is 4.86. The van der Waals surface area contributed by atoms with Gasteiger partial charge in [-0.25, -0.2) is 0 Å². The van der Waals surface area contributed by atoms with E-state index in [0.29, 0.717) is 6.42 Å². The highest BCUT2D eigenvalue weighted by molar-refractivity contribution is 5.78. The minimum atomic E-state index is 0.211. The molecule has 0 radical (unpaired) electrons. The number of nitrogens with zero attached hydrogens (tertiary/aromatic N) is 4. The molecule has 5 heteroatoms. The Bertz CT molecular complexity index is 736. The maximum Gasteiger partial charge on any atom is 0.228 e. The quantitative estimate of drug-likeness (QED) is 0.850. The number of likely N-dealkylation sites (tertiary alicyclic amines) is 2. The Morgan fingerprint density at radius 3 is 2.46 bits per heavy atom. The first kappa shape index (κ1) is 17.2. The van der Waals surface area contributed by atoms with Gasteiger partial charge in [-0.2, -0.15) is 0 Å². The predicted molar refractivity (Wildman–Crippen MR) is 100 cm³/mol. The molecule has 5 nitrogen and oxygen atoms in total. The number of hydrogen-bond donors (Lipinski definition) is 0. The van der Waals surface area contributed by atoms with Crippen LogP contribution in [0.5, 0.6) is 0 Å². The molecule has 0 aromatic carbocycles. The maximum absolute atomic E-state index is 12.7. The molecule has 2 aliphatic rings. The standard InChI is InChI=1S/C21H26N4O/c26-20(14-18-6-1-3-10-22-18)25-13-9-21(17-25)8-5-12-24(16-21)15-19-7-2-4-11-23-19/h1-4,6-7,10-11H,5,8-9,12-17H2/t21-/m1/s1. The fourth-order valence-electron chi connectivity index (χ4n) is 4.42. The lowest BCUT2D eigenvalue weighted by molar-refractivity contribution is -0.130. The zero-order valence-corrected chi connectivity index (χ0v) is 15.2. The summed E-state index contributed by atoms with van der Waals surface area (Å²) >= 11 is 0. The van der Waals surface area contributed by atoms with E-state index in [1.54, 1.807) is 6.20 Å². The molecule has 0 N–H and O–H groups in total. The summed E-state index contributed by atoms with van der Waals surface area (Å²) in [6, 6.07) is 11.9. The van der Waals surface area contributed by atoms with Gasteiger partial charge in [0.1, 0.15) is 0 Å². The maximum atomic E-state index is 12.7. The molecule has 1 atom stereocenters. The highest BCUT2D eigenvalue weighted by atomic mass is 16.2. The number of aromatic nitrogens is 2. The number of rotatable bonds is 4. The highest BCUT2D eigenvalue weighted by Gasteiger charge is 2.42. The summed E-state index contributed by atoms with van der Waals surface area (Å²) in [6.07, 6.45) is 7.57. The van der Waals surface area contributed by atoms with Crippen LogP contribution in [0, 0.1) is 5.41 Å². The normalized spacial score (nSPS) is 23.5. The lowest BCUT2D eigenvalue weighted by atomic mass is 9.79. The van der Waals surface area contributed by atoms with Gasteiger partial charge in [-0.1, -0.05) is 12.1 Å². The number of piperidine rings is 1. The van der Waals surface area contributed by atoms with E-state index >= 15 is 0 Å². The second-order valence-corrected chi connectivity index (χ2v) is 7.70. The molecule has 0 unspecified atom stereocenters. The lowest BCUT2D eigenvalue weighted by Crippen LogP contribution is -2.45. The fraction of sp³-hybridized carbons (Fsp3) is 0.476. The van der Waals surface area contributed by atoms with E-state index in [4.69, 9.17) is 0 Å². The van der Waals surface area contributed by atoms with Crippen molar-refractivity contribution in [3.63, 3.8) is 0 Å². The second kappa shape index (κ2) is 7.54. The van der Waals surface area contributed by atoms with E-state index in [1.807, 2.05) is 30.5 Å². The predicted octanol–water partition coefficient (Wildman–Crippen LogP) is 2.53. The van der Waals surface area contributed by atoms with Crippen LogP contribution in [0.4, 0.5) is 0 Å². The third-order valence-corrected chi connectivity index (χ3v) is 5.70. The highest BCUT2D eigenvalue weighted by Crippen LogP contribution is 2.39. The first-order valence-electron chi connectivity index (χ1n) is 9.52. The number of carbonyl (C=O) groups is 1.